The van der Waals surface area contributed by atoms with E-state index < -0.39 is 17.7 Å². The molecule has 2 bridgehead atoms. The molecular weight excluding hydrogens is 438 g/mol. The highest BCUT2D eigenvalue weighted by Gasteiger charge is 2.25. The first-order chi connectivity index (χ1) is 16.4. The van der Waals surface area contributed by atoms with Crippen LogP contribution in [0.4, 0.5) is 14.6 Å². The Kier molecular flexibility index (Phi) is 5.69. The number of allylic oxidation sites excluding steroid dienone is 1. The van der Waals surface area contributed by atoms with Crippen LogP contribution in [0.2, 0.25) is 0 Å². The lowest BCUT2D eigenvalue weighted by molar-refractivity contribution is 0.227. The van der Waals surface area contributed by atoms with Crippen LogP contribution in [0.5, 0.6) is 5.75 Å². The van der Waals surface area contributed by atoms with E-state index in [1.165, 1.54) is 18.2 Å². The van der Waals surface area contributed by atoms with Crippen molar-refractivity contribution >= 4 is 11.5 Å². The van der Waals surface area contributed by atoms with Crippen molar-refractivity contribution in [1.29, 1.82) is 5.53 Å². The van der Waals surface area contributed by atoms with Crippen LogP contribution >= 0.6 is 0 Å². The fourth-order valence-corrected chi connectivity index (χ4v) is 4.19. The quantitative estimate of drug-likeness (QED) is 0.450. The van der Waals surface area contributed by atoms with Crippen molar-refractivity contribution in [3.63, 3.8) is 0 Å². The number of hydrogen-bond acceptors (Lipinski definition) is 7. The molecule has 5 rings (SSSR count). The largest absolute Gasteiger partial charge is 0.482 e. The van der Waals surface area contributed by atoms with Crippen molar-refractivity contribution in [3.8, 4) is 17.0 Å². The lowest BCUT2D eigenvalue weighted by Crippen LogP contribution is -2.19. The predicted octanol–water partition coefficient (Wildman–Crippen LogP) is 5.40. The monoisotopic (exact) mass is 462 g/mol. The van der Waals surface area contributed by atoms with Gasteiger partial charge in [0.1, 0.15) is 17.7 Å². The van der Waals surface area contributed by atoms with Crippen LogP contribution < -0.4 is 15.8 Å². The Morgan fingerprint density at radius 1 is 1.15 bits per heavy atom. The van der Waals surface area contributed by atoms with Gasteiger partial charge in [0.25, 0.3) is 0 Å². The zero-order valence-electron chi connectivity index (χ0n) is 18.6. The van der Waals surface area contributed by atoms with Crippen LogP contribution in [-0.4, -0.2) is 16.5 Å². The molecule has 0 unspecified atom stereocenters. The Balaban J connectivity index is 1.75. The normalized spacial score (nSPS) is 19.7. The predicted molar refractivity (Wildman–Crippen MR) is 124 cm³/mol. The molecule has 4 N–H and O–H groups in total. The summed E-state index contributed by atoms with van der Waals surface area (Å²) >= 11 is 0. The minimum absolute atomic E-state index is 0.141. The van der Waals surface area contributed by atoms with Crippen LogP contribution in [-0.2, 0) is 6.42 Å². The van der Waals surface area contributed by atoms with Crippen LogP contribution in [0.25, 0.3) is 17.0 Å². The summed E-state index contributed by atoms with van der Waals surface area (Å²) in [6.45, 7) is 2.51. The summed E-state index contributed by atoms with van der Waals surface area (Å²) in [4.78, 5) is 8.63. The maximum Gasteiger partial charge on any atom is 0.166 e. The Bertz CT molecular complexity index is 1300. The Morgan fingerprint density at radius 2 is 1.97 bits per heavy atom. The van der Waals surface area contributed by atoms with Gasteiger partial charge in [-0.15, -0.1) is 0 Å². The average molecular weight is 463 g/mol. The summed E-state index contributed by atoms with van der Waals surface area (Å²) in [6, 6.07) is 7.43. The number of aromatic nitrogens is 2. The number of anilines is 1. The molecule has 1 aromatic carbocycles. The smallest absolute Gasteiger partial charge is 0.166 e. The van der Waals surface area contributed by atoms with E-state index in [0.717, 1.165) is 25.6 Å². The lowest BCUT2D eigenvalue weighted by atomic mass is 9.94. The second-order valence-electron chi connectivity index (χ2n) is 8.69. The number of hydrogen-bond donors (Lipinski definition) is 3. The number of fused-ring (bicyclic) bond motifs is 5. The van der Waals surface area contributed by atoms with Gasteiger partial charge in [0.05, 0.1) is 23.3 Å². The van der Waals surface area contributed by atoms with Crippen molar-refractivity contribution < 1.29 is 13.5 Å². The third-order valence-electron chi connectivity index (χ3n) is 6.16. The molecule has 1 fully saturated rings. The van der Waals surface area contributed by atoms with E-state index in [-0.39, 0.29) is 12.2 Å². The zero-order valence-corrected chi connectivity index (χ0v) is 18.6. The molecule has 1 aliphatic heterocycles. The van der Waals surface area contributed by atoms with Gasteiger partial charge in [0.15, 0.2) is 11.6 Å². The number of benzene rings is 1. The van der Waals surface area contributed by atoms with Gasteiger partial charge >= 0.3 is 0 Å². The molecule has 0 radical (unpaired) electrons. The summed E-state index contributed by atoms with van der Waals surface area (Å²) in [5.74, 6) is 0.150. The number of nitrogens with zero attached hydrogens (tertiary/aromatic N) is 3. The van der Waals surface area contributed by atoms with Crippen LogP contribution in [0.15, 0.2) is 53.5 Å². The van der Waals surface area contributed by atoms with Crippen molar-refractivity contribution in [1.82, 2.24) is 15.3 Å². The second kappa shape index (κ2) is 8.81. The number of nitrogens with one attached hydrogen (secondary N) is 2. The molecule has 0 spiro atoms. The van der Waals surface area contributed by atoms with Gasteiger partial charge in [-0.05, 0) is 61.6 Å². The van der Waals surface area contributed by atoms with Crippen LogP contribution in [0.1, 0.15) is 42.6 Å². The highest BCUT2D eigenvalue weighted by Crippen LogP contribution is 2.37. The number of rotatable bonds is 4. The molecule has 3 heterocycles. The molecule has 9 heteroatoms. The fraction of sp³-hybridized carbons (Fsp3) is 0.280. The molecule has 1 saturated carbocycles. The molecule has 174 valence electrons. The van der Waals surface area contributed by atoms with E-state index >= 15 is 0 Å². The first-order valence-corrected chi connectivity index (χ1v) is 11.1. The van der Waals surface area contributed by atoms with E-state index in [2.05, 4.69) is 20.4 Å². The molecule has 1 aliphatic carbocycles. The third-order valence-corrected chi connectivity index (χ3v) is 6.16. The molecule has 0 amide bonds. The van der Waals surface area contributed by atoms with Gasteiger partial charge in [-0.2, -0.15) is 5.11 Å². The molecule has 2 aromatic heterocycles. The van der Waals surface area contributed by atoms with E-state index in [1.807, 2.05) is 0 Å². The van der Waals surface area contributed by atoms with Crippen molar-refractivity contribution in [2.75, 3.05) is 12.3 Å². The Hall–Kier alpha value is -3.88. The Morgan fingerprint density at radius 3 is 2.74 bits per heavy atom. The van der Waals surface area contributed by atoms with Crippen LogP contribution in [0, 0.1) is 23.1 Å². The minimum Gasteiger partial charge on any atom is -0.482 e. The van der Waals surface area contributed by atoms with Gasteiger partial charge in [0.2, 0.25) is 0 Å². The van der Waals surface area contributed by atoms with Crippen LogP contribution in [0.3, 0.4) is 0 Å². The highest BCUT2D eigenvalue weighted by atomic mass is 19.1. The summed E-state index contributed by atoms with van der Waals surface area (Å²) in [5.41, 5.74) is 17.8. The number of ether oxygens (including phenoxy) is 1. The maximum atomic E-state index is 14.3. The molecule has 1 atom stereocenters. The summed E-state index contributed by atoms with van der Waals surface area (Å²) in [7, 11) is 0. The van der Waals surface area contributed by atoms with Crippen molar-refractivity contribution in [3.05, 3.63) is 76.7 Å². The molecule has 0 saturated heterocycles. The molecular formula is C25H24F2N6O. The summed E-state index contributed by atoms with van der Waals surface area (Å²) in [6.07, 6.45) is 4.55. The number of pyridine rings is 2. The zero-order chi connectivity index (χ0) is 23.8. The fourth-order valence-electron chi connectivity index (χ4n) is 4.19. The average Bonchev–Trinajstić information content (AvgIpc) is 3.64. The molecule has 34 heavy (non-hydrogen) atoms. The van der Waals surface area contributed by atoms with Gasteiger partial charge in [0, 0.05) is 35.9 Å². The number of halogens is 2. The molecule has 7 nitrogen and oxygen atoms in total. The minimum atomic E-state index is -0.601. The number of nitrogen functional groups attached to an aromatic ring is 1. The SMILES string of the molecule is C[C@H]1Oc2cc(cnc2N)/C(NCC2CC2)=C(/N=N)Cc2cc(F)cnc2-c2ccc(F)cc21. The first-order valence-electron chi connectivity index (χ1n) is 11.1. The standard InChI is InChI=1S/C25H24F2N6O/c1-13-20-9-17(26)4-5-19(20)23-15(6-18(27)12-31-23)7-21(33-29)24(30-10-14-2-3-14)16-8-22(34-13)25(28)32-11-16/h4-6,8-9,11-14,29-30H,2-3,7,10H2,1H3,(H2,28,32)/b24-21-,33-29?/t13-/m1/s1. The van der Waals surface area contributed by atoms with Crippen molar-refractivity contribution in [2.45, 2.75) is 32.3 Å². The van der Waals surface area contributed by atoms with E-state index in [1.54, 1.807) is 25.3 Å². The first kappa shape index (κ1) is 21.9. The number of nitrogens with two attached hydrogens (primary N) is 1. The Labute approximate surface area is 195 Å². The second-order valence-corrected chi connectivity index (χ2v) is 8.69. The van der Waals surface area contributed by atoms with Gasteiger partial charge < -0.3 is 15.8 Å². The third kappa shape index (κ3) is 4.33. The van der Waals surface area contributed by atoms with E-state index in [0.29, 0.717) is 51.0 Å². The summed E-state index contributed by atoms with van der Waals surface area (Å²) < 4.78 is 34.7. The van der Waals surface area contributed by atoms with E-state index in [4.69, 9.17) is 16.0 Å². The lowest BCUT2D eigenvalue weighted by Gasteiger charge is -2.23. The van der Waals surface area contributed by atoms with E-state index in [9.17, 15) is 8.78 Å². The maximum absolute atomic E-state index is 14.3. The van der Waals surface area contributed by atoms with Gasteiger partial charge in [-0.1, -0.05) is 0 Å². The topological polar surface area (TPSA) is 109 Å². The van der Waals surface area contributed by atoms with Gasteiger partial charge in [-0.3, -0.25) is 4.98 Å². The summed E-state index contributed by atoms with van der Waals surface area (Å²) in [5, 5.41) is 7.22. The molecule has 2 aliphatic rings. The highest BCUT2D eigenvalue weighted by molar-refractivity contribution is 5.73. The molecule has 3 aromatic rings. The van der Waals surface area contributed by atoms with Gasteiger partial charge in [-0.25, -0.2) is 19.3 Å². The van der Waals surface area contributed by atoms with Crippen molar-refractivity contribution in [2.24, 2.45) is 11.0 Å².